The third-order valence-electron chi connectivity index (χ3n) is 1.80. The second-order valence-electron chi connectivity index (χ2n) is 2.95. The first-order chi connectivity index (χ1) is 7.46. The van der Waals surface area contributed by atoms with Gasteiger partial charge in [-0.3, -0.25) is 4.79 Å². The molecule has 2 aromatic rings. The van der Waals surface area contributed by atoms with Crippen LogP contribution in [0.4, 0.5) is 13.2 Å². The van der Waals surface area contributed by atoms with Gasteiger partial charge in [-0.2, -0.15) is 0 Å². The molecule has 7 heteroatoms. The molecule has 1 N–H and O–H groups in total. The highest BCUT2D eigenvalue weighted by Gasteiger charge is 2.32. The number of fused-ring (bicyclic) bond motifs is 1. The van der Waals surface area contributed by atoms with E-state index in [0.29, 0.717) is 0 Å². The van der Waals surface area contributed by atoms with Gasteiger partial charge in [0, 0.05) is 0 Å². The summed E-state index contributed by atoms with van der Waals surface area (Å²) in [6.07, 6.45) is -3.82. The quantitative estimate of drug-likeness (QED) is 0.812. The van der Waals surface area contributed by atoms with Gasteiger partial charge in [0.2, 0.25) is 0 Å². The van der Waals surface area contributed by atoms with Crippen molar-refractivity contribution in [3.05, 3.63) is 34.7 Å². The Balaban J connectivity index is 2.61. The first-order valence-electron chi connectivity index (χ1n) is 4.19. The van der Waals surface area contributed by atoms with E-state index in [0.717, 1.165) is 12.3 Å². The number of halogens is 3. The van der Waals surface area contributed by atoms with Crippen LogP contribution in [0, 0.1) is 0 Å². The standard InChI is InChI=1S/C9H5F3N2O2/c10-9(11,12)16-6-3-1-2-5-8(6)14-7(15)4-13-5/h1-4H,(H,14,15). The van der Waals surface area contributed by atoms with Crippen molar-refractivity contribution in [2.24, 2.45) is 0 Å². The van der Waals surface area contributed by atoms with E-state index in [1.54, 1.807) is 0 Å². The molecule has 0 fully saturated rings. The van der Waals surface area contributed by atoms with Crippen LogP contribution in [0.15, 0.2) is 29.2 Å². The zero-order chi connectivity index (χ0) is 11.8. The second kappa shape index (κ2) is 3.51. The molecule has 16 heavy (non-hydrogen) atoms. The number of aromatic nitrogens is 2. The van der Waals surface area contributed by atoms with Gasteiger partial charge in [-0.1, -0.05) is 6.07 Å². The van der Waals surface area contributed by atoms with Gasteiger partial charge in [0.1, 0.15) is 5.52 Å². The van der Waals surface area contributed by atoms with Crippen LogP contribution in [0.5, 0.6) is 5.75 Å². The molecule has 4 nitrogen and oxygen atoms in total. The van der Waals surface area contributed by atoms with Crippen LogP contribution in [0.25, 0.3) is 11.0 Å². The van der Waals surface area contributed by atoms with E-state index in [2.05, 4.69) is 14.7 Å². The minimum atomic E-state index is -4.80. The van der Waals surface area contributed by atoms with Gasteiger partial charge in [0.15, 0.2) is 5.75 Å². The van der Waals surface area contributed by atoms with Crippen molar-refractivity contribution >= 4 is 11.0 Å². The van der Waals surface area contributed by atoms with Gasteiger partial charge >= 0.3 is 6.36 Å². The number of nitrogens with zero attached hydrogens (tertiary/aromatic N) is 1. The molecule has 0 unspecified atom stereocenters. The molecule has 1 aromatic carbocycles. The van der Waals surface area contributed by atoms with Crippen LogP contribution in [0.2, 0.25) is 0 Å². The molecule has 0 aliphatic heterocycles. The molecule has 2 rings (SSSR count). The van der Waals surface area contributed by atoms with Crippen molar-refractivity contribution < 1.29 is 17.9 Å². The maximum absolute atomic E-state index is 12.0. The Bertz CT molecular complexity index is 577. The SMILES string of the molecule is O=c1cnc2cccc(OC(F)(F)F)c2[nH]1. The molecule has 0 aliphatic carbocycles. The van der Waals surface area contributed by atoms with Crippen LogP contribution in [-0.4, -0.2) is 16.3 Å². The summed E-state index contributed by atoms with van der Waals surface area (Å²) < 4.78 is 39.9. The fourth-order valence-electron chi connectivity index (χ4n) is 1.25. The lowest BCUT2D eigenvalue weighted by Crippen LogP contribution is -2.18. The fraction of sp³-hybridized carbons (Fsp3) is 0.111. The van der Waals surface area contributed by atoms with Crippen LogP contribution < -0.4 is 10.3 Å². The Kier molecular flexibility index (Phi) is 2.30. The normalized spacial score (nSPS) is 11.7. The Morgan fingerprint density at radius 3 is 2.75 bits per heavy atom. The van der Waals surface area contributed by atoms with Gasteiger partial charge in [-0.05, 0) is 12.1 Å². The number of ether oxygens (including phenoxy) is 1. The number of para-hydroxylation sites is 1. The molecule has 0 aliphatic rings. The zero-order valence-corrected chi connectivity index (χ0v) is 7.71. The average molecular weight is 230 g/mol. The Morgan fingerprint density at radius 2 is 2.06 bits per heavy atom. The molecule has 0 amide bonds. The molecule has 1 aromatic heterocycles. The summed E-state index contributed by atoms with van der Waals surface area (Å²) in [5, 5.41) is 0. The molecular formula is C9H5F3N2O2. The van der Waals surface area contributed by atoms with E-state index in [4.69, 9.17) is 0 Å². The number of H-pyrrole nitrogens is 1. The molecule has 0 saturated carbocycles. The zero-order valence-electron chi connectivity index (χ0n) is 7.71. The number of alkyl halides is 3. The fourth-order valence-corrected chi connectivity index (χ4v) is 1.25. The largest absolute Gasteiger partial charge is 0.573 e. The lowest BCUT2D eigenvalue weighted by molar-refractivity contribution is -0.274. The Morgan fingerprint density at radius 1 is 1.31 bits per heavy atom. The number of benzene rings is 1. The maximum Gasteiger partial charge on any atom is 0.573 e. The molecule has 0 radical (unpaired) electrons. The van der Waals surface area contributed by atoms with Gasteiger partial charge in [-0.15, -0.1) is 13.2 Å². The second-order valence-corrected chi connectivity index (χ2v) is 2.95. The summed E-state index contributed by atoms with van der Waals surface area (Å²) in [6, 6.07) is 3.93. The Hall–Kier alpha value is -2.05. The topological polar surface area (TPSA) is 55.0 Å². The predicted molar refractivity (Wildman–Crippen MR) is 49.0 cm³/mol. The minimum Gasteiger partial charge on any atom is -0.403 e. The Labute approximate surface area is 86.7 Å². The number of aromatic amines is 1. The summed E-state index contributed by atoms with van der Waals surface area (Å²) in [5.41, 5.74) is -0.445. The third kappa shape index (κ3) is 2.13. The summed E-state index contributed by atoms with van der Waals surface area (Å²) in [7, 11) is 0. The molecule has 1 heterocycles. The molecule has 84 valence electrons. The van der Waals surface area contributed by atoms with E-state index in [1.165, 1.54) is 12.1 Å². The first kappa shape index (κ1) is 10.5. The van der Waals surface area contributed by atoms with Crippen LogP contribution >= 0.6 is 0 Å². The molecule has 0 bridgehead atoms. The third-order valence-corrected chi connectivity index (χ3v) is 1.80. The predicted octanol–water partition coefficient (Wildman–Crippen LogP) is 1.82. The number of hydrogen-bond acceptors (Lipinski definition) is 3. The maximum atomic E-state index is 12.0. The van der Waals surface area contributed by atoms with E-state index in [1.807, 2.05) is 0 Å². The van der Waals surface area contributed by atoms with E-state index >= 15 is 0 Å². The minimum absolute atomic E-state index is 0.0766. The monoisotopic (exact) mass is 230 g/mol. The van der Waals surface area contributed by atoms with Crippen molar-refractivity contribution in [3.8, 4) is 5.75 Å². The van der Waals surface area contributed by atoms with Gasteiger partial charge in [0.05, 0.1) is 11.7 Å². The van der Waals surface area contributed by atoms with Gasteiger partial charge < -0.3 is 9.72 Å². The van der Waals surface area contributed by atoms with E-state index in [9.17, 15) is 18.0 Å². The smallest absolute Gasteiger partial charge is 0.403 e. The number of nitrogens with one attached hydrogen (secondary N) is 1. The molecular weight excluding hydrogens is 225 g/mol. The van der Waals surface area contributed by atoms with Crippen molar-refractivity contribution in [2.45, 2.75) is 6.36 Å². The summed E-state index contributed by atoms with van der Waals surface area (Å²) in [5.74, 6) is -0.477. The van der Waals surface area contributed by atoms with Crippen LogP contribution in [0.1, 0.15) is 0 Å². The molecule has 0 spiro atoms. The first-order valence-corrected chi connectivity index (χ1v) is 4.19. The van der Waals surface area contributed by atoms with Crippen molar-refractivity contribution in [2.75, 3.05) is 0 Å². The summed E-state index contributed by atoms with van der Waals surface area (Å²) >= 11 is 0. The summed E-state index contributed by atoms with van der Waals surface area (Å²) in [6.45, 7) is 0. The average Bonchev–Trinajstić information content (AvgIpc) is 2.17. The van der Waals surface area contributed by atoms with Crippen molar-refractivity contribution in [3.63, 3.8) is 0 Å². The molecule has 0 saturated heterocycles. The number of rotatable bonds is 1. The highest BCUT2D eigenvalue weighted by Crippen LogP contribution is 2.27. The van der Waals surface area contributed by atoms with Gasteiger partial charge in [-0.25, -0.2) is 4.98 Å². The van der Waals surface area contributed by atoms with Crippen LogP contribution in [0.3, 0.4) is 0 Å². The van der Waals surface area contributed by atoms with Crippen LogP contribution in [-0.2, 0) is 0 Å². The van der Waals surface area contributed by atoms with E-state index < -0.39 is 17.7 Å². The van der Waals surface area contributed by atoms with Gasteiger partial charge in [0.25, 0.3) is 5.56 Å². The van der Waals surface area contributed by atoms with Crippen molar-refractivity contribution in [1.29, 1.82) is 0 Å². The van der Waals surface area contributed by atoms with E-state index in [-0.39, 0.29) is 11.0 Å². The number of hydrogen-bond donors (Lipinski definition) is 1. The summed E-state index contributed by atoms with van der Waals surface area (Å²) in [4.78, 5) is 16.9. The highest BCUT2D eigenvalue weighted by atomic mass is 19.4. The lowest BCUT2D eigenvalue weighted by atomic mass is 10.3. The highest BCUT2D eigenvalue weighted by molar-refractivity contribution is 5.80. The molecule has 0 atom stereocenters. The lowest BCUT2D eigenvalue weighted by Gasteiger charge is -2.10. The van der Waals surface area contributed by atoms with Crippen molar-refractivity contribution in [1.82, 2.24) is 9.97 Å².